The Labute approximate surface area is 202 Å². The normalized spacial score (nSPS) is 22.3. The van der Waals surface area contributed by atoms with Gasteiger partial charge in [0.05, 0.1) is 24.2 Å². The average Bonchev–Trinajstić information content (AvgIpc) is 3.09. The van der Waals surface area contributed by atoms with E-state index in [9.17, 15) is 13.2 Å². The molecular weight excluding hydrogens is 454 g/mol. The molecule has 1 amide bonds. The molecule has 0 radical (unpaired) electrons. The van der Waals surface area contributed by atoms with Gasteiger partial charge in [-0.1, -0.05) is 6.07 Å². The molecule has 2 atom stereocenters. The lowest BCUT2D eigenvalue weighted by molar-refractivity contribution is -0.0440. The molecule has 0 N–H and O–H groups in total. The first-order chi connectivity index (χ1) is 16.3. The molecule has 2 fully saturated rings. The average molecular weight is 488 g/mol. The third-order valence-corrected chi connectivity index (χ3v) is 8.15. The zero-order valence-electron chi connectivity index (χ0n) is 20.0. The molecule has 2 aliphatic rings. The van der Waals surface area contributed by atoms with E-state index in [-0.39, 0.29) is 23.0 Å². The lowest BCUT2D eigenvalue weighted by Gasteiger charge is -2.34. The van der Waals surface area contributed by atoms with Gasteiger partial charge in [-0.2, -0.15) is 4.31 Å². The van der Waals surface area contributed by atoms with E-state index >= 15 is 0 Å². The summed E-state index contributed by atoms with van der Waals surface area (Å²) in [4.78, 5) is 17.5. The van der Waals surface area contributed by atoms with Crippen molar-refractivity contribution < 1.29 is 22.7 Å². The van der Waals surface area contributed by atoms with Crippen LogP contribution in [-0.2, 0) is 14.8 Å². The number of hydrogen-bond donors (Lipinski definition) is 0. The van der Waals surface area contributed by atoms with E-state index in [0.29, 0.717) is 38.3 Å². The van der Waals surface area contributed by atoms with Gasteiger partial charge in [0.25, 0.3) is 5.91 Å². The summed E-state index contributed by atoms with van der Waals surface area (Å²) >= 11 is 0. The fraction of sp³-hybridized carbons (Fsp3) is 0.480. The molecule has 2 saturated heterocycles. The Kier molecular flexibility index (Phi) is 7.45. The molecule has 2 unspecified atom stereocenters. The minimum atomic E-state index is -3.71. The van der Waals surface area contributed by atoms with Crippen molar-refractivity contribution in [1.29, 1.82) is 0 Å². The van der Waals surface area contributed by atoms with Crippen LogP contribution < -0.4 is 9.64 Å². The van der Waals surface area contributed by atoms with E-state index in [0.717, 1.165) is 24.4 Å². The van der Waals surface area contributed by atoms with Crippen molar-refractivity contribution in [3.8, 4) is 5.75 Å². The number of amides is 1. The number of benzene rings is 2. The molecule has 9 heteroatoms. The second-order valence-electron chi connectivity index (χ2n) is 8.94. The summed E-state index contributed by atoms with van der Waals surface area (Å²) in [5.41, 5.74) is 1.49. The SMILES string of the molecule is COc1ccc(N2CCCN(C(=O)c3cccc(S(=O)(=O)N4CC(C)OC(C)C4)c3)CC2)cc1. The molecule has 2 aromatic carbocycles. The molecule has 0 aliphatic carbocycles. The fourth-order valence-corrected chi connectivity index (χ4v) is 6.26. The Morgan fingerprint density at radius 1 is 0.971 bits per heavy atom. The number of anilines is 1. The molecule has 0 spiro atoms. The van der Waals surface area contributed by atoms with E-state index in [4.69, 9.17) is 9.47 Å². The number of morpholine rings is 1. The minimum Gasteiger partial charge on any atom is -0.497 e. The van der Waals surface area contributed by atoms with E-state index in [1.54, 1.807) is 25.3 Å². The number of rotatable bonds is 5. The van der Waals surface area contributed by atoms with Crippen LogP contribution in [0.4, 0.5) is 5.69 Å². The molecule has 2 aliphatic heterocycles. The molecule has 34 heavy (non-hydrogen) atoms. The maximum atomic E-state index is 13.3. The number of hydrogen-bond acceptors (Lipinski definition) is 6. The van der Waals surface area contributed by atoms with Gasteiger partial charge < -0.3 is 19.3 Å². The number of sulfonamides is 1. The van der Waals surface area contributed by atoms with Gasteiger partial charge in [0, 0.05) is 50.5 Å². The topological polar surface area (TPSA) is 79.4 Å². The third kappa shape index (κ3) is 5.37. The van der Waals surface area contributed by atoms with Crippen molar-refractivity contribution >= 4 is 21.6 Å². The smallest absolute Gasteiger partial charge is 0.253 e. The largest absolute Gasteiger partial charge is 0.497 e. The van der Waals surface area contributed by atoms with Crippen molar-refractivity contribution in [2.75, 3.05) is 51.3 Å². The van der Waals surface area contributed by atoms with Crippen molar-refractivity contribution in [3.05, 3.63) is 54.1 Å². The van der Waals surface area contributed by atoms with E-state index < -0.39 is 10.0 Å². The summed E-state index contributed by atoms with van der Waals surface area (Å²) in [5.74, 6) is 0.670. The van der Waals surface area contributed by atoms with Crippen LogP contribution in [0.15, 0.2) is 53.4 Å². The van der Waals surface area contributed by atoms with Crippen LogP contribution in [0.5, 0.6) is 5.75 Å². The highest BCUT2D eigenvalue weighted by Gasteiger charge is 2.32. The molecule has 0 saturated carbocycles. The number of carbonyl (C=O) groups excluding carboxylic acids is 1. The minimum absolute atomic E-state index is 0.141. The highest BCUT2D eigenvalue weighted by atomic mass is 32.2. The van der Waals surface area contributed by atoms with Crippen molar-refractivity contribution in [2.24, 2.45) is 0 Å². The van der Waals surface area contributed by atoms with Gasteiger partial charge in [0.2, 0.25) is 10.0 Å². The summed E-state index contributed by atoms with van der Waals surface area (Å²) in [6, 6.07) is 14.3. The van der Waals surface area contributed by atoms with Gasteiger partial charge in [-0.25, -0.2) is 8.42 Å². The third-order valence-electron chi connectivity index (χ3n) is 6.33. The zero-order valence-corrected chi connectivity index (χ0v) is 20.8. The predicted molar refractivity (Wildman–Crippen MR) is 131 cm³/mol. The van der Waals surface area contributed by atoms with Gasteiger partial charge in [-0.3, -0.25) is 4.79 Å². The van der Waals surface area contributed by atoms with Gasteiger partial charge in [0.15, 0.2) is 0 Å². The first kappa shape index (κ1) is 24.5. The number of ether oxygens (including phenoxy) is 2. The Morgan fingerprint density at radius 3 is 2.35 bits per heavy atom. The van der Waals surface area contributed by atoms with Crippen LogP contribution in [0, 0.1) is 0 Å². The Hall–Kier alpha value is -2.62. The first-order valence-corrected chi connectivity index (χ1v) is 13.2. The summed E-state index contributed by atoms with van der Waals surface area (Å²) in [7, 11) is -2.06. The predicted octanol–water partition coefficient (Wildman–Crippen LogP) is 2.85. The highest BCUT2D eigenvalue weighted by Crippen LogP contribution is 2.24. The standard InChI is InChI=1S/C25H33N3O5S/c1-19-17-28(18-20(2)33-19)34(30,31)24-7-4-6-21(16-24)25(29)27-13-5-12-26(14-15-27)22-8-10-23(32-3)11-9-22/h4,6-11,16,19-20H,5,12-15,17-18H2,1-3H3. The number of methoxy groups -OCH3 is 1. The maximum absolute atomic E-state index is 13.3. The van der Waals surface area contributed by atoms with Crippen LogP contribution in [0.1, 0.15) is 30.6 Å². The maximum Gasteiger partial charge on any atom is 0.253 e. The van der Waals surface area contributed by atoms with Crippen molar-refractivity contribution in [3.63, 3.8) is 0 Å². The second-order valence-corrected chi connectivity index (χ2v) is 10.9. The molecule has 0 bridgehead atoms. The van der Waals surface area contributed by atoms with Crippen molar-refractivity contribution in [1.82, 2.24) is 9.21 Å². The summed E-state index contributed by atoms with van der Waals surface area (Å²) in [6.07, 6.45) is 0.488. The van der Waals surface area contributed by atoms with E-state index in [1.165, 1.54) is 10.4 Å². The lowest BCUT2D eigenvalue weighted by atomic mass is 10.2. The van der Waals surface area contributed by atoms with Crippen LogP contribution in [0.2, 0.25) is 0 Å². The number of carbonyl (C=O) groups is 1. The van der Waals surface area contributed by atoms with Crippen LogP contribution >= 0.6 is 0 Å². The molecule has 2 heterocycles. The molecule has 2 aromatic rings. The molecule has 184 valence electrons. The Morgan fingerprint density at radius 2 is 1.68 bits per heavy atom. The van der Waals surface area contributed by atoms with E-state index in [1.807, 2.05) is 43.0 Å². The van der Waals surface area contributed by atoms with Crippen molar-refractivity contribution in [2.45, 2.75) is 37.4 Å². The Balaban J connectivity index is 1.46. The second kappa shape index (κ2) is 10.3. The molecular formula is C25H33N3O5S. The first-order valence-electron chi connectivity index (χ1n) is 11.7. The van der Waals surface area contributed by atoms with Crippen LogP contribution in [0.3, 0.4) is 0 Å². The van der Waals surface area contributed by atoms with Crippen LogP contribution in [0.25, 0.3) is 0 Å². The summed E-state index contributed by atoms with van der Waals surface area (Å²) < 4.78 is 38.9. The van der Waals surface area contributed by atoms with E-state index in [2.05, 4.69) is 4.90 Å². The zero-order chi connectivity index (χ0) is 24.3. The summed E-state index contributed by atoms with van der Waals surface area (Å²) in [6.45, 7) is 7.09. The lowest BCUT2D eigenvalue weighted by Crippen LogP contribution is -2.48. The van der Waals surface area contributed by atoms with Gasteiger partial charge in [-0.15, -0.1) is 0 Å². The molecule has 4 rings (SSSR count). The molecule has 0 aromatic heterocycles. The van der Waals surface area contributed by atoms with Crippen LogP contribution in [-0.4, -0.2) is 82.1 Å². The summed E-state index contributed by atoms with van der Waals surface area (Å²) in [5, 5.41) is 0. The molecule has 8 nitrogen and oxygen atoms in total. The monoisotopic (exact) mass is 487 g/mol. The van der Waals surface area contributed by atoms with Gasteiger partial charge in [-0.05, 0) is 62.7 Å². The van der Waals surface area contributed by atoms with Gasteiger partial charge >= 0.3 is 0 Å². The fourth-order valence-electron chi connectivity index (χ4n) is 4.62. The van der Waals surface area contributed by atoms with Gasteiger partial charge in [0.1, 0.15) is 5.75 Å². The Bertz CT molecular complexity index is 1100. The quantitative estimate of drug-likeness (QED) is 0.645. The highest BCUT2D eigenvalue weighted by molar-refractivity contribution is 7.89. The number of nitrogens with zero attached hydrogens (tertiary/aromatic N) is 3.